The quantitative estimate of drug-likeness (QED) is 0.919. The van der Waals surface area contributed by atoms with Gasteiger partial charge >= 0.3 is 0 Å². The summed E-state index contributed by atoms with van der Waals surface area (Å²) in [6.07, 6.45) is 2.21. The van der Waals surface area contributed by atoms with Gasteiger partial charge in [-0.05, 0) is 51.8 Å². The van der Waals surface area contributed by atoms with Gasteiger partial charge in [0.15, 0.2) is 0 Å². The van der Waals surface area contributed by atoms with E-state index in [1.54, 1.807) is 0 Å². The summed E-state index contributed by atoms with van der Waals surface area (Å²) in [7, 11) is 0. The summed E-state index contributed by atoms with van der Waals surface area (Å²) in [5.41, 5.74) is 2.69. The van der Waals surface area contributed by atoms with Crippen LogP contribution in [0.3, 0.4) is 0 Å². The van der Waals surface area contributed by atoms with Crippen LogP contribution in [0.5, 0.6) is 0 Å². The molecular formula is C15H19N3O. The van der Waals surface area contributed by atoms with Gasteiger partial charge in [0.1, 0.15) is 5.82 Å². The zero-order chi connectivity index (χ0) is 13.6. The Morgan fingerprint density at radius 3 is 2.79 bits per heavy atom. The molecule has 0 spiro atoms. The molecular weight excluding hydrogens is 238 g/mol. The first-order valence-electron chi connectivity index (χ1n) is 6.85. The van der Waals surface area contributed by atoms with Gasteiger partial charge in [-0.2, -0.15) is 0 Å². The third-order valence-corrected chi connectivity index (χ3v) is 3.56. The van der Waals surface area contributed by atoms with E-state index in [2.05, 4.69) is 28.7 Å². The van der Waals surface area contributed by atoms with E-state index in [9.17, 15) is 4.79 Å². The van der Waals surface area contributed by atoms with Gasteiger partial charge in [0, 0.05) is 17.6 Å². The first kappa shape index (κ1) is 12.2. The van der Waals surface area contributed by atoms with Gasteiger partial charge in [-0.3, -0.25) is 4.79 Å². The van der Waals surface area contributed by atoms with Crippen molar-refractivity contribution < 1.29 is 4.79 Å². The molecule has 1 aliphatic carbocycles. The zero-order valence-electron chi connectivity index (χ0n) is 11.6. The van der Waals surface area contributed by atoms with E-state index in [0.29, 0.717) is 17.6 Å². The van der Waals surface area contributed by atoms with Crippen LogP contribution < -0.4 is 5.32 Å². The van der Waals surface area contributed by atoms with E-state index in [4.69, 9.17) is 0 Å². The smallest absolute Gasteiger partial charge is 0.251 e. The van der Waals surface area contributed by atoms with Crippen LogP contribution in [-0.2, 0) is 0 Å². The fourth-order valence-corrected chi connectivity index (χ4v) is 2.51. The number of nitrogens with one attached hydrogen (secondary N) is 1. The maximum absolute atomic E-state index is 12.0. The first-order valence-corrected chi connectivity index (χ1v) is 6.85. The summed E-state index contributed by atoms with van der Waals surface area (Å²) in [6.45, 7) is 6.29. The van der Waals surface area contributed by atoms with Gasteiger partial charge in [0.25, 0.3) is 5.91 Å². The monoisotopic (exact) mass is 257 g/mol. The molecule has 0 unspecified atom stereocenters. The minimum Gasteiger partial charge on any atom is -0.349 e. The molecule has 100 valence electrons. The first-order chi connectivity index (χ1) is 9.06. The average Bonchev–Trinajstić information content (AvgIpc) is 3.08. The maximum Gasteiger partial charge on any atom is 0.251 e. The Morgan fingerprint density at radius 1 is 1.42 bits per heavy atom. The predicted molar refractivity (Wildman–Crippen MR) is 75.3 cm³/mol. The second-order valence-electron chi connectivity index (χ2n) is 5.57. The SMILES string of the molecule is Cc1nc2cc(C(=O)NC3CC3)ccc2n1C(C)C. The summed E-state index contributed by atoms with van der Waals surface area (Å²) in [6, 6.07) is 6.53. The van der Waals surface area contributed by atoms with E-state index in [0.717, 1.165) is 29.7 Å². The molecule has 1 aromatic heterocycles. The summed E-state index contributed by atoms with van der Waals surface area (Å²) in [5.74, 6) is 1.01. The number of benzene rings is 1. The normalized spacial score (nSPS) is 15.2. The number of hydrogen-bond acceptors (Lipinski definition) is 2. The summed E-state index contributed by atoms with van der Waals surface area (Å²) in [4.78, 5) is 16.6. The molecule has 3 rings (SSSR count). The van der Waals surface area contributed by atoms with Crippen molar-refractivity contribution in [1.29, 1.82) is 0 Å². The standard InChI is InChI=1S/C15H19N3O/c1-9(2)18-10(3)16-13-8-11(4-7-14(13)18)15(19)17-12-5-6-12/h4,7-9,12H,5-6H2,1-3H3,(H,17,19). The van der Waals surface area contributed by atoms with Crippen LogP contribution in [0.2, 0.25) is 0 Å². The summed E-state index contributed by atoms with van der Waals surface area (Å²) >= 11 is 0. The van der Waals surface area contributed by atoms with E-state index < -0.39 is 0 Å². The number of imidazole rings is 1. The van der Waals surface area contributed by atoms with Crippen molar-refractivity contribution in [3.8, 4) is 0 Å². The van der Waals surface area contributed by atoms with Crippen LogP contribution in [0.15, 0.2) is 18.2 Å². The van der Waals surface area contributed by atoms with Gasteiger partial charge in [0.05, 0.1) is 11.0 Å². The number of fused-ring (bicyclic) bond motifs is 1. The molecule has 0 saturated heterocycles. The fourth-order valence-electron chi connectivity index (χ4n) is 2.51. The highest BCUT2D eigenvalue weighted by Gasteiger charge is 2.24. The Hall–Kier alpha value is -1.84. The molecule has 19 heavy (non-hydrogen) atoms. The van der Waals surface area contributed by atoms with Gasteiger partial charge in [0.2, 0.25) is 0 Å². The molecule has 1 aliphatic rings. The van der Waals surface area contributed by atoms with E-state index >= 15 is 0 Å². The molecule has 1 aromatic carbocycles. The van der Waals surface area contributed by atoms with Crippen molar-refractivity contribution in [2.24, 2.45) is 0 Å². The van der Waals surface area contributed by atoms with Crippen molar-refractivity contribution >= 4 is 16.9 Å². The topological polar surface area (TPSA) is 46.9 Å². The second kappa shape index (κ2) is 4.37. The van der Waals surface area contributed by atoms with Crippen LogP contribution >= 0.6 is 0 Å². The third kappa shape index (κ3) is 2.23. The summed E-state index contributed by atoms with van der Waals surface area (Å²) < 4.78 is 2.19. The fraction of sp³-hybridized carbons (Fsp3) is 0.467. The van der Waals surface area contributed by atoms with Gasteiger partial charge in [-0.1, -0.05) is 0 Å². The lowest BCUT2D eigenvalue weighted by Gasteiger charge is -2.10. The highest BCUT2D eigenvalue weighted by molar-refractivity contribution is 5.97. The molecule has 1 fully saturated rings. The Kier molecular flexibility index (Phi) is 2.81. The number of carbonyl (C=O) groups excluding carboxylic acids is 1. The molecule has 1 saturated carbocycles. The predicted octanol–water partition coefficient (Wildman–Crippen LogP) is 2.82. The molecule has 4 heteroatoms. The maximum atomic E-state index is 12.0. The van der Waals surface area contributed by atoms with Crippen LogP contribution in [0, 0.1) is 6.92 Å². The summed E-state index contributed by atoms with van der Waals surface area (Å²) in [5, 5.41) is 3.01. The van der Waals surface area contributed by atoms with Crippen LogP contribution in [0.1, 0.15) is 48.9 Å². The average molecular weight is 257 g/mol. The third-order valence-electron chi connectivity index (χ3n) is 3.56. The lowest BCUT2D eigenvalue weighted by molar-refractivity contribution is 0.0951. The van der Waals surface area contributed by atoms with E-state index in [1.165, 1.54) is 0 Å². The van der Waals surface area contributed by atoms with E-state index in [1.807, 2.05) is 25.1 Å². The highest BCUT2D eigenvalue weighted by Crippen LogP contribution is 2.23. The second-order valence-corrected chi connectivity index (χ2v) is 5.57. The largest absolute Gasteiger partial charge is 0.349 e. The zero-order valence-corrected chi connectivity index (χ0v) is 11.6. The van der Waals surface area contributed by atoms with Crippen molar-refractivity contribution in [2.45, 2.75) is 45.7 Å². The molecule has 2 aromatic rings. The van der Waals surface area contributed by atoms with Crippen LogP contribution in [0.4, 0.5) is 0 Å². The molecule has 4 nitrogen and oxygen atoms in total. The Labute approximate surface area is 112 Å². The molecule has 0 radical (unpaired) electrons. The number of amides is 1. The number of rotatable bonds is 3. The molecule has 0 bridgehead atoms. The Morgan fingerprint density at radius 2 is 2.16 bits per heavy atom. The lowest BCUT2D eigenvalue weighted by atomic mass is 10.2. The number of aromatic nitrogens is 2. The number of hydrogen-bond donors (Lipinski definition) is 1. The van der Waals surface area contributed by atoms with Gasteiger partial charge in [-0.15, -0.1) is 0 Å². The van der Waals surface area contributed by atoms with Gasteiger partial charge < -0.3 is 9.88 Å². The molecule has 1 amide bonds. The minimum atomic E-state index is 0.0150. The molecule has 0 atom stereocenters. The van der Waals surface area contributed by atoms with Crippen molar-refractivity contribution in [3.05, 3.63) is 29.6 Å². The number of aryl methyl sites for hydroxylation is 1. The van der Waals surface area contributed by atoms with Crippen LogP contribution in [0.25, 0.3) is 11.0 Å². The van der Waals surface area contributed by atoms with E-state index in [-0.39, 0.29) is 5.91 Å². The van der Waals surface area contributed by atoms with Crippen molar-refractivity contribution in [2.75, 3.05) is 0 Å². The highest BCUT2D eigenvalue weighted by atomic mass is 16.1. The molecule has 1 N–H and O–H groups in total. The Balaban J connectivity index is 1.99. The molecule has 0 aliphatic heterocycles. The number of nitrogens with zero attached hydrogens (tertiary/aromatic N) is 2. The van der Waals surface area contributed by atoms with Crippen molar-refractivity contribution in [1.82, 2.24) is 14.9 Å². The Bertz CT molecular complexity index is 638. The lowest BCUT2D eigenvalue weighted by Crippen LogP contribution is -2.25. The molecule has 1 heterocycles. The number of carbonyl (C=O) groups is 1. The van der Waals surface area contributed by atoms with Crippen molar-refractivity contribution in [3.63, 3.8) is 0 Å². The minimum absolute atomic E-state index is 0.0150. The van der Waals surface area contributed by atoms with Crippen LogP contribution in [-0.4, -0.2) is 21.5 Å². The van der Waals surface area contributed by atoms with Gasteiger partial charge in [-0.25, -0.2) is 4.98 Å².